The minimum absolute atomic E-state index is 0.341. The lowest BCUT2D eigenvalue weighted by molar-refractivity contribution is -0.138. The number of carbonyl (C=O) groups excluding carboxylic acids is 1. The van der Waals surface area contributed by atoms with Crippen LogP contribution in [0.1, 0.15) is 45.4 Å². The van der Waals surface area contributed by atoms with Crippen LogP contribution in [0.3, 0.4) is 0 Å². The number of thioether (sulfide) groups is 1. The number of hydrogen-bond acceptors (Lipinski definition) is 3. The molecule has 4 heteroatoms. The Labute approximate surface area is 132 Å². The van der Waals surface area contributed by atoms with Crippen molar-refractivity contribution in [3.63, 3.8) is 0 Å². The number of rotatable bonds is 4. The van der Waals surface area contributed by atoms with Crippen molar-refractivity contribution >= 4 is 17.7 Å². The van der Waals surface area contributed by atoms with Crippen LogP contribution in [0.15, 0.2) is 0 Å². The van der Waals surface area contributed by atoms with E-state index < -0.39 is 0 Å². The third kappa shape index (κ3) is 2.86. The fraction of sp³-hybridized carbons (Fsp3) is 0.941. The Kier molecular flexibility index (Phi) is 3.73. The smallest absolute Gasteiger partial charge is 0.226 e. The predicted molar refractivity (Wildman–Crippen MR) is 85.4 cm³/mol. The third-order valence-electron chi connectivity index (χ3n) is 5.91. The van der Waals surface area contributed by atoms with E-state index in [1.54, 1.807) is 0 Å². The minimum Gasteiger partial charge on any atom is -0.377 e. The van der Waals surface area contributed by atoms with Gasteiger partial charge in [0.15, 0.2) is 0 Å². The van der Waals surface area contributed by atoms with E-state index >= 15 is 0 Å². The van der Waals surface area contributed by atoms with Gasteiger partial charge in [-0.25, -0.2) is 0 Å². The minimum atomic E-state index is 0.341. The zero-order valence-corrected chi connectivity index (χ0v) is 13.9. The molecule has 0 aromatic carbocycles. The highest BCUT2D eigenvalue weighted by Gasteiger charge is 2.53. The van der Waals surface area contributed by atoms with Gasteiger partial charge in [0.25, 0.3) is 0 Å². The largest absolute Gasteiger partial charge is 0.377 e. The molecule has 0 radical (unpaired) electrons. The van der Waals surface area contributed by atoms with Crippen LogP contribution in [0.25, 0.3) is 0 Å². The molecule has 118 valence electrons. The van der Waals surface area contributed by atoms with Gasteiger partial charge in [0, 0.05) is 31.4 Å². The van der Waals surface area contributed by atoms with Crippen LogP contribution in [0.2, 0.25) is 0 Å². The predicted octanol–water partition coefficient (Wildman–Crippen LogP) is 2.94. The van der Waals surface area contributed by atoms with Crippen molar-refractivity contribution in [2.24, 2.45) is 17.8 Å². The van der Waals surface area contributed by atoms with Crippen molar-refractivity contribution in [3.8, 4) is 0 Å². The van der Waals surface area contributed by atoms with Gasteiger partial charge in [-0.3, -0.25) is 4.79 Å². The molecule has 2 saturated carbocycles. The molecule has 2 aliphatic heterocycles. The van der Waals surface area contributed by atoms with E-state index in [4.69, 9.17) is 4.74 Å². The topological polar surface area (TPSA) is 29.5 Å². The second kappa shape index (κ2) is 5.45. The van der Waals surface area contributed by atoms with Crippen LogP contribution in [-0.4, -0.2) is 47.1 Å². The summed E-state index contributed by atoms with van der Waals surface area (Å²) in [6, 6.07) is 0. The Morgan fingerprint density at radius 1 is 1.33 bits per heavy atom. The molecule has 4 aliphatic rings. The van der Waals surface area contributed by atoms with E-state index in [1.807, 2.05) is 0 Å². The van der Waals surface area contributed by atoms with E-state index in [1.165, 1.54) is 25.7 Å². The Hall–Kier alpha value is -0.220. The molecule has 1 spiro atoms. The fourth-order valence-electron chi connectivity index (χ4n) is 4.29. The molecule has 0 N–H and O–H groups in total. The van der Waals surface area contributed by atoms with E-state index in [9.17, 15) is 4.79 Å². The van der Waals surface area contributed by atoms with Crippen LogP contribution in [-0.2, 0) is 9.53 Å². The van der Waals surface area contributed by atoms with Gasteiger partial charge in [-0.2, -0.15) is 0 Å². The molecule has 21 heavy (non-hydrogen) atoms. The van der Waals surface area contributed by atoms with E-state index in [0.717, 1.165) is 44.2 Å². The first-order valence-corrected chi connectivity index (χ1v) is 9.68. The van der Waals surface area contributed by atoms with Gasteiger partial charge < -0.3 is 9.64 Å². The Bertz CT molecular complexity index is 415. The summed E-state index contributed by atoms with van der Waals surface area (Å²) in [6.45, 7) is 5.12. The molecule has 0 bridgehead atoms. The summed E-state index contributed by atoms with van der Waals surface area (Å²) in [4.78, 5) is 14.3. The number of carbonyl (C=O) groups is 1. The molecule has 0 aromatic heterocycles. The molecule has 3 nitrogen and oxygen atoms in total. The SMILES string of the molecule is C[C@@H]1C[C@@H]1C(=O)N1CC2(C[C@H](OCC3CCCC3)CS2)C1. The lowest BCUT2D eigenvalue weighted by Gasteiger charge is -2.47. The first-order valence-electron chi connectivity index (χ1n) is 8.70. The molecular formula is C17H27NO2S. The number of ether oxygens (including phenoxy) is 1. The first kappa shape index (κ1) is 14.4. The summed E-state index contributed by atoms with van der Waals surface area (Å²) in [7, 11) is 0. The number of likely N-dealkylation sites (tertiary alicyclic amines) is 1. The summed E-state index contributed by atoms with van der Waals surface area (Å²) in [5, 5.41) is 0. The molecule has 3 atom stereocenters. The number of hydrogen-bond donors (Lipinski definition) is 0. The van der Waals surface area contributed by atoms with Crippen LogP contribution < -0.4 is 0 Å². The number of nitrogens with zero attached hydrogens (tertiary/aromatic N) is 1. The molecule has 2 heterocycles. The molecular weight excluding hydrogens is 282 g/mol. The lowest BCUT2D eigenvalue weighted by atomic mass is 9.92. The lowest BCUT2D eigenvalue weighted by Crippen LogP contribution is -2.61. The van der Waals surface area contributed by atoms with E-state index in [-0.39, 0.29) is 0 Å². The van der Waals surface area contributed by atoms with Gasteiger partial charge in [0.05, 0.1) is 10.9 Å². The van der Waals surface area contributed by atoms with Gasteiger partial charge in [0.2, 0.25) is 5.91 Å². The monoisotopic (exact) mass is 309 g/mol. The van der Waals surface area contributed by atoms with Crippen LogP contribution in [0.5, 0.6) is 0 Å². The number of amides is 1. The fourth-order valence-corrected chi connectivity index (χ4v) is 5.84. The molecule has 2 saturated heterocycles. The molecule has 0 aromatic rings. The van der Waals surface area contributed by atoms with Crippen LogP contribution >= 0.6 is 11.8 Å². The molecule has 4 fully saturated rings. The van der Waals surface area contributed by atoms with Gasteiger partial charge >= 0.3 is 0 Å². The standard InChI is InChI=1S/C17H27NO2S/c1-12-6-15(12)16(19)18-10-17(11-18)7-14(9-21-17)20-8-13-4-2-3-5-13/h12-15H,2-11H2,1H3/t12-,14+,15+/m1/s1. The highest BCUT2D eigenvalue weighted by molar-refractivity contribution is 8.01. The summed E-state index contributed by atoms with van der Waals surface area (Å²) >= 11 is 2.06. The third-order valence-corrected chi connectivity index (χ3v) is 7.49. The van der Waals surface area contributed by atoms with Crippen molar-refractivity contribution < 1.29 is 9.53 Å². The zero-order valence-electron chi connectivity index (χ0n) is 13.1. The normalized spacial score (nSPS) is 38.0. The van der Waals surface area contributed by atoms with Gasteiger partial charge in [-0.1, -0.05) is 19.8 Å². The van der Waals surface area contributed by atoms with Gasteiger partial charge in [-0.15, -0.1) is 11.8 Å². The Morgan fingerprint density at radius 3 is 2.71 bits per heavy atom. The molecule has 4 rings (SSSR count). The average molecular weight is 309 g/mol. The summed E-state index contributed by atoms with van der Waals surface area (Å²) < 4.78 is 6.51. The zero-order chi connectivity index (χ0) is 14.4. The van der Waals surface area contributed by atoms with Crippen molar-refractivity contribution in [2.45, 2.75) is 56.3 Å². The maximum Gasteiger partial charge on any atom is 0.226 e. The van der Waals surface area contributed by atoms with Crippen molar-refractivity contribution in [1.82, 2.24) is 4.90 Å². The van der Waals surface area contributed by atoms with Crippen molar-refractivity contribution in [3.05, 3.63) is 0 Å². The second-order valence-corrected chi connectivity index (χ2v) is 9.31. The van der Waals surface area contributed by atoms with Gasteiger partial charge in [0.1, 0.15) is 0 Å². The summed E-state index contributed by atoms with van der Waals surface area (Å²) in [5.41, 5.74) is 0. The Morgan fingerprint density at radius 2 is 2.05 bits per heavy atom. The average Bonchev–Trinajstić information content (AvgIpc) is 2.87. The van der Waals surface area contributed by atoms with E-state index in [2.05, 4.69) is 23.6 Å². The van der Waals surface area contributed by atoms with Crippen molar-refractivity contribution in [1.29, 1.82) is 0 Å². The Balaban J connectivity index is 1.21. The van der Waals surface area contributed by atoms with Crippen LogP contribution in [0.4, 0.5) is 0 Å². The second-order valence-electron chi connectivity index (χ2n) is 7.82. The highest BCUT2D eigenvalue weighted by atomic mass is 32.2. The summed E-state index contributed by atoms with van der Waals surface area (Å²) in [5.74, 6) is 3.36. The quantitative estimate of drug-likeness (QED) is 0.799. The molecule has 2 aliphatic carbocycles. The summed E-state index contributed by atoms with van der Waals surface area (Å²) in [6.07, 6.45) is 8.24. The molecule has 1 amide bonds. The highest BCUT2D eigenvalue weighted by Crippen LogP contribution is 2.48. The van der Waals surface area contributed by atoms with Crippen molar-refractivity contribution in [2.75, 3.05) is 25.4 Å². The maximum absolute atomic E-state index is 12.2. The van der Waals surface area contributed by atoms with Gasteiger partial charge in [-0.05, 0) is 37.5 Å². The van der Waals surface area contributed by atoms with E-state index in [0.29, 0.717) is 28.6 Å². The molecule has 0 unspecified atom stereocenters. The first-order chi connectivity index (χ1) is 10.2. The maximum atomic E-state index is 12.2. The van der Waals surface area contributed by atoms with Crippen LogP contribution in [0, 0.1) is 17.8 Å².